The van der Waals surface area contributed by atoms with Gasteiger partial charge >= 0.3 is 0 Å². The molecule has 0 aromatic heterocycles. The molecule has 2 atom stereocenters. The summed E-state index contributed by atoms with van der Waals surface area (Å²) < 4.78 is 0. The second kappa shape index (κ2) is 7.26. The number of carbonyl (C=O) groups excluding carboxylic acids is 1. The van der Waals surface area contributed by atoms with Crippen molar-refractivity contribution in [3.05, 3.63) is 33.8 Å². The third-order valence-corrected chi connectivity index (χ3v) is 7.03. The van der Waals surface area contributed by atoms with Crippen LogP contribution in [0, 0.1) is 0 Å². The molecule has 1 aliphatic rings. The van der Waals surface area contributed by atoms with Crippen molar-refractivity contribution in [3.63, 3.8) is 0 Å². The summed E-state index contributed by atoms with van der Waals surface area (Å²) in [6.45, 7) is 2.15. The predicted molar refractivity (Wildman–Crippen MR) is 88.0 cm³/mol. The maximum atomic E-state index is 12.4. The SMILES string of the molecule is CCC1SCCSC1C(=O)Cc1ccc(Cl)cc1Cl. The number of rotatable bonds is 4. The molecule has 0 bridgehead atoms. The van der Waals surface area contributed by atoms with Crippen LogP contribution in [0.5, 0.6) is 0 Å². The lowest BCUT2D eigenvalue weighted by molar-refractivity contribution is -0.117. The first-order valence-electron chi connectivity index (χ1n) is 6.31. The van der Waals surface area contributed by atoms with Crippen LogP contribution in [0.15, 0.2) is 18.2 Å². The van der Waals surface area contributed by atoms with Gasteiger partial charge in [0.2, 0.25) is 0 Å². The molecule has 19 heavy (non-hydrogen) atoms. The van der Waals surface area contributed by atoms with Crippen molar-refractivity contribution >= 4 is 52.5 Å². The highest BCUT2D eigenvalue weighted by Crippen LogP contribution is 2.34. The van der Waals surface area contributed by atoms with Crippen LogP contribution >= 0.6 is 46.7 Å². The first-order valence-corrected chi connectivity index (χ1v) is 9.17. The molecule has 2 rings (SSSR count). The minimum absolute atomic E-state index is 0.107. The maximum absolute atomic E-state index is 12.4. The van der Waals surface area contributed by atoms with Gasteiger partial charge in [0.15, 0.2) is 5.78 Å². The topological polar surface area (TPSA) is 17.1 Å². The zero-order valence-electron chi connectivity index (χ0n) is 10.7. The van der Waals surface area contributed by atoms with E-state index in [1.165, 1.54) is 0 Å². The summed E-state index contributed by atoms with van der Waals surface area (Å²) in [5.41, 5.74) is 0.877. The first-order chi connectivity index (χ1) is 9.11. The smallest absolute Gasteiger partial charge is 0.151 e. The molecule has 1 heterocycles. The quantitative estimate of drug-likeness (QED) is 0.792. The van der Waals surface area contributed by atoms with E-state index in [9.17, 15) is 4.79 Å². The van der Waals surface area contributed by atoms with Gasteiger partial charge in [0, 0.05) is 33.2 Å². The first kappa shape index (κ1) is 15.6. The van der Waals surface area contributed by atoms with Gasteiger partial charge in [-0.3, -0.25) is 4.79 Å². The monoisotopic (exact) mass is 334 g/mol. The molecule has 0 saturated carbocycles. The molecule has 1 nitrogen and oxygen atoms in total. The van der Waals surface area contributed by atoms with E-state index in [1.807, 2.05) is 17.8 Å². The van der Waals surface area contributed by atoms with Crippen LogP contribution in [0.3, 0.4) is 0 Å². The molecule has 0 N–H and O–H groups in total. The molecular weight excluding hydrogens is 319 g/mol. The van der Waals surface area contributed by atoms with Crippen molar-refractivity contribution in [2.24, 2.45) is 0 Å². The average molecular weight is 335 g/mol. The Morgan fingerprint density at radius 3 is 2.74 bits per heavy atom. The molecule has 104 valence electrons. The van der Waals surface area contributed by atoms with E-state index in [-0.39, 0.29) is 11.0 Å². The van der Waals surface area contributed by atoms with E-state index in [0.717, 1.165) is 23.5 Å². The Morgan fingerprint density at radius 1 is 1.32 bits per heavy atom. The summed E-state index contributed by atoms with van der Waals surface area (Å²) in [5.74, 6) is 2.49. The molecule has 0 radical (unpaired) electrons. The van der Waals surface area contributed by atoms with Gasteiger partial charge in [-0.2, -0.15) is 11.8 Å². The highest BCUT2D eigenvalue weighted by Gasteiger charge is 2.30. The maximum Gasteiger partial charge on any atom is 0.151 e. The summed E-state index contributed by atoms with van der Waals surface area (Å²) >= 11 is 15.7. The van der Waals surface area contributed by atoms with Crippen LogP contribution in [-0.2, 0) is 11.2 Å². The lowest BCUT2D eigenvalue weighted by Gasteiger charge is -2.28. The summed E-state index contributed by atoms with van der Waals surface area (Å²) in [6.07, 6.45) is 1.45. The lowest BCUT2D eigenvalue weighted by Crippen LogP contribution is -2.33. The molecule has 2 unspecified atom stereocenters. The number of thioether (sulfide) groups is 2. The van der Waals surface area contributed by atoms with Crippen LogP contribution in [0.2, 0.25) is 10.0 Å². The molecular formula is C14H16Cl2OS2. The summed E-state index contributed by atoms with van der Waals surface area (Å²) in [4.78, 5) is 12.4. The molecule has 0 aliphatic carbocycles. The Bertz CT molecular complexity index is 465. The fourth-order valence-corrected chi connectivity index (χ4v) is 5.67. The molecule has 1 aromatic carbocycles. The largest absolute Gasteiger partial charge is 0.298 e. The fraction of sp³-hybridized carbons (Fsp3) is 0.500. The van der Waals surface area contributed by atoms with E-state index in [0.29, 0.717) is 21.7 Å². The van der Waals surface area contributed by atoms with Crippen LogP contribution < -0.4 is 0 Å². The van der Waals surface area contributed by atoms with Crippen molar-refractivity contribution in [2.45, 2.75) is 30.3 Å². The lowest BCUT2D eigenvalue weighted by atomic mass is 10.0. The van der Waals surface area contributed by atoms with Crippen molar-refractivity contribution in [3.8, 4) is 0 Å². The number of hydrogen-bond donors (Lipinski definition) is 0. The van der Waals surface area contributed by atoms with Gasteiger partial charge in [0.1, 0.15) is 0 Å². The summed E-state index contributed by atoms with van der Waals surface area (Å²) in [5, 5.41) is 1.74. The fourth-order valence-electron chi connectivity index (χ4n) is 2.15. The van der Waals surface area contributed by atoms with Crippen molar-refractivity contribution < 1.29 is 4.79 Å². The van der Waals surface area contributed by atoms with Gasteiger partial charge < -0.3 is 0 Å². The minimum atomic E-state index is 0.107. The molecule has 0 amide bonds. The number of hydrogen-bond acceptors (Lipinski definition) is 3. The van der Waals surface area contributed by atoms with Crippen LogP contribution in [0.4, 0.5) is 0 Å². The number of halogens is 2. The van der Waals surface area contributed by atoms with Crippen molar-refractivity contribution in [1.82, 2.24) is 0 Å². The Hall–Kier alpha value is 0.170. The van der Waals surface area contributed by atoms with Crippen LogP contribution in [-0.4, -0.2) is 27.8 Å². The van der Waals surface area contributed by atoms with E-state index >= 15 is 0 Å². The predicted octanol–water partition coefficient (Wildman–Crippen LogP) is 4.73. The van der Waals surface area contributed by atoms with Crippen LogP contribution in [0.25, 0.3) is 0 Å². The summed E-state index contributed by atoms with van der Waals surface area (Å²) in [7, 11) is 0. The molecule has 1 aromatic rings. The second-order valence-electron chi connectivity index (χ2n) is 4.49. The normalized spacial score (nSPS) is 23.3. The number of carbonyl (C=O) groups is 1. The standard InChI is InChI=1S/C14H16Cl2OS2/c1-2-13-14(19-6-5-18-13)12(17)7-9-3-4-10(15)8-11(9)16/h3-4,8,13-14H,2,5-7H2,1H3. The van der Waals surface area contributed by atoms with Crippen molar-refractivity contribution in [1.29, 1.82) is 0 Å². The number of ketones is 1. The molecule has 5 heteroatoms. The van der Waals surface area contributed by atoms with Gasteiger partial charge in [0.05, 0.1) is 5.25 Å². The van der Waals surface area contributed by atoms with E-state index < -0.39 is 0 Å². The summed E-state index contributed by atoms with van der Waals surface area (Å²) in [6, 6.07) is 5.34. The Morgan fingerprint density at radius 2 is 2.05 bits per heavy atom. The minimum Gasteiger partial charge on any atom is -0.298 e. The van der Waals surface area contributed by atoms with Crippen molar-refractivity contribution in [2.75, 3.05) is 11.5 Å². The zero-order chi connectivity index (χ0) is 13.8. The van der Waals surface area contributed by atoms with Gasteiger partial charge in [-0.1, -0.05) is 36.2 Å². The van der Waals surface area contributed by atoms with Gasteiger partial charge in [-0.05, 0) is 24.1 Å². The Kier molecular flexibility index (Phi) is 5.94. The number of Topliss-reactive ketones (excluding diaryl/α,β-unsaturated/α-hetero) is 1. The third kappa shape index (κ3) is 4.07. The van der Waals surface area contributed by atoms with Gasteiger partial charge in [0.25, 0.3) is 0 Å². The van der Waals surface area contributed by atoms with E-state index in [1.54, 1.807) is 23.9 Å². The zero-order valence-corrected chi connectivity index (χ0v) is 13.8. The average Bonchev–Trinajstić information content (AvgIpc) is 2.41. The Balaban J connectivity index is 2.07. The van der Waals surface area contributed by atoms with Gasteiger partial charge in [-0.25, -0.2) is 0 Å². The van der Waals surface area contributed by atoms with E-state index in [4.69, 9.17) is 23.2 Å². The molecule has 1 fully saturated rings. The second-order valence-corrected chi connectivity index (χ2v) is 7.93. The van der Waals surface area contributed by atoms with E-state index in [2.05, 4.69) is 6.92 Å². The number of benzene rings is 1. The van der Waals surface area contributed by atoms with Crippen LogP contribution in [0.1, 0.15) is 18.9 Å². The third-order valence-electron chi connectivity index (χ3n) is 3.15. The molecule has 1 saturated heterocycles. The highest BCUT2D eigenvalue weighted by atomic mass is 35.5. The Labute approximate surface area is 132 Å². The molecule has 0 spiro atoms. The van der Waals surface area contributed by atoms with Gasteiger partial charge in [-0.15, -0.1) is 11.8 Å². The highest BCUT2D eigenvalue weighted by molar-refractivity contribution is 8.07. The molecule has 1 aliphatic heterocycles.